The van der Waals surface area contributed by atoms with Crippen LogP contribution in [0.1, 0.15) is 55.6 Å². The van der Waals surface area contributed by atoms with Gasteiger partial charge in [0, 0.05) is 6.04 Å². The minimum atomic E-state index is -0.516. The summed E-state index contributed by atoms with van der Waals surface area (Å²) >= 11 is 0. The quantitative estimate of drug-likeness (QED) is 0.811. The van der Waals surface area contributed by atoms with E-state index < -0.39 is 11.7 Å². The lowest BCUT2D eigenvalue weighted by molar-refractivity contribution is -0.112. The van der Waals surface area contributed by atoms with Gasteiger partial charge in [0.2, 0.25) is 0 Å². The molecule has 1 atom stereocenters. The normalized spacial score (nSPS) is 15.4. The fourth-order valence-corrected chi connectivity index (χ4v) is 2.84. The van der Waals surface area contributed by atoms with E-state index >= 15 is 0 Å². The summed E-state index contributed by atoms with van der Waals surface area (Å²) in [6.45, 7) is 8.40. The van der Waals surface area contributed by atoms with Gasteiger partial charge in [-0.25, -0.2) is 0 Å². The van der Waals surface area contributed by atoms with Crippen LogP contribution in [0.3, 0.4) is 0 Å². The van der Waals surface area contributed by atoms with E-state index in [9.17, 15) is 9.59 Å². The summed E-state index contributed by atoms with van der Waals surface area (Å²) in [5.74, 6) is -0.924. The number of benzene rings is 1. The molecular weight excluding hydrogens is 252 g/mol. The zero-order chi connectivity index (χ0) is 14.7. The van der Waals surface area contributed by atoms with Crippen molar-refractivity contribution >= 4 is 17.4 Å². The van der Waals surface area contributed by atoms with E-state index in [-0.39, 0.29) is 6.04 Å². The van der Waals surface area contributed by atoms with Crippen LogP contribution in [-0.2, 0) is 4.79 Å². The molecular formula is C16H22N2O2. The minimum absolute atomic E-state index is 0.140. The van der Waals surface area contributed by atoms with Crippen molar-refractivity contribution in [3.63, 3.8) is 0 Å². The first-order chi connectivity index (χ1) is 9.60. The summed E-state index contributed by atoms with van der Waals surface area (Å²) in [5.41, 5.74) is 2.16. The van der Waals surface area contributed by atoms with E-state index in [1.54, 1.807) is 6.07 Å². The molecule has 1 aliphatic heterocycles. The second-order valence-electron chi connectivity index (χ2n) is 5.26. The van der Waals surface area contributed by atoms with Gasteiger partial charge in [0.15, 0.2) is 0 Å². The maximum absolute atomic E-state index is 12.0. The van der Waals surface area contributed by atoms with Gasteiger partial charge in [-0.1, -0.05) is 26.0 Å². The number of hydrogen-bond donors (Lipinski definition) is 1. The van der Waals surface area contributed by atoms with Crippen LogP contribution in [0.4, 0.5) is 5.69 Å². The molecule has 0 spiro atoms. The SMILES string of the molecule is CCCN(CCC)C(C)c1cccc2c1C(=O)C(=O)N2. The maximum Gasteiger partial charge on any atom is 0.296 e. The molecule has 108 valence electrons. The van der Waals surface area contributed by atoms with Crippen molar-refractivity contribution < 1.29 is 9.59 Å². The van der Waals surface area contributed by atoms with Crippen LogP contribution in [0.25, 0.3) is 0 Å². The number of rotatable bonds is 6. The molecule has 0 saturated carbocycles. The third kappa shape index (κ3) is 2.61. The Labute approximate surface area is 120 Å². The van der Waals surface area contributed by atoms with Gasteiger partial charge in [-0.15, -0.1) is 0 Å². The van der Waals surface area contributed by atoms with Gasteiger partial charge >= 0.3 is 0 Å². The Hall–Kier alpha value is -1.68. The molecule has 1 heterocycles. The first kappa shape index (κ1) is 14.7. The molecule has 1 amide bonds. The Bertz CT molecular complexity index is 519. The molecule has 0 fully saturated rings. The predicted octanol–water partition coefficient (Wildman–Crippen LogP) is 3.00. The number of nitrogens with one attached hydrogen (secondary N) is 1. The summed E-state index contributed by atoms with van der Waals surface area (Å²) < 4.78 is 0. The standard InChI is InChI=1S/C16H22N2O2/c1-4-9-18(10-5-2)11(3)12-7-6-8-13-14(12)15(19)16(20)17-13/h6-8,11H,4-5,9-10H2,1-3H3,(H,17,19,20). The van der Waals surface area contributed by atoms with Crippen molar-refractivity contribution in [2.45, 2.75) is 39.7 Å². The first-order valence-electron chi connectivity index (χ1n) is 7.32. The van der Waals surface area contributed by atoms with Crippen LogP contribution in [0.2, 0.25) is 0 Å². The highest BCUT2D eigenvalue weighted by Crippen LogP contribution is 2.32. The van der Waals surface area contributed by atoms with Crippen molar-refractivity contribution in [3.8, 4) is 0 Å². The molecule has 1 aromatic carbocycles. The Balaban J connectivity index is 2.36. The Morgan fingerprint density at radius 1 is 1.15 bits per heavy atom. The van der Waals surface area contributed by atoms with Crippen molar-refractivity contribution in [1.82, 2.24) is 4.90 Å². The molecule has 1 N–H and O–H groups in total. The van der Waals surface area contributed by atoms with E-state index in [4.69, 9.17) is 0 Å². The highest BCUT2D eigenvalue weighted by Gasteiger charge is 2.32. The summed E-state index contributed by atoms with van der Waals surface area (Å²) in [5, 5.41) is 2.64. The average Bonchev–Trinajstić information content (AvgIpc) is 2.73. The molecule has 1 aliphatic rings. The second-order valence-corrected chi connectivity index (χ2v) is 5.26. The summed E-state index contributed by atoms with van der Waals surface area (Å²) in [6, 6.07) is 5.79. The zero-order valence-electron chi connectivity index (χ0n) is 12.4. The number of nitrogens with zero attached hydrogens (tertiary/aromatic N) is 1. The van der Waals surface area contributed by atoms with Crippen LogP contribution in [0.15, 0.2) is 18.2 Å². The van der Waals surface area contributed by atoms with Crippen LogP contribution < -0.4 is 5.32 Å². The minimum Gasteiger partial charge on any atom is -0.318 e. The molecule has 0 aliphatic carbocycles. The van der Waals surface area contributed by atoms with Gasteiger partial charge in [0.1, 0.15) is 0 Å². The number of fused-ring (bicyclic) bond motifs is 1. The van der Waals surface area contributed by atoms with Gasteiger partial charge in [-0.05, 0) is 44.5 Å². The molecule has 2 rings (SSSR count). The highest BCUT2D eigenvalue weighted by molar-refractivity contribution is 6.52. The van der Waals surface area contributed by atoms with Crippen LogP contribution in [-0.4, -0.2) is 29.7 Å². The Kier molecular flexibility index (Phi) is 4.55. The van der Waals surface area contributed by atoms with Crippen LogP contribution >= 0.6 is 0 Å². The number of anilines is 1. The van der Waals surface area contributed by atoms with Crippen molar-refractivity contribution in [2.75, 3.05) is 18.4 Å². The number of ketones is 1. The van der Waals surface area contributed by atoms with Crippen molar-refractivity contribution in [1.29, 1.82) is 0 Å². The smallest absolute Gasteiger partial charge is 0.296 e. The number of carbonyl (C=O) groups is 2. The van der Waals surface area contributed by atoms with E-state index in [0.29, 0.717) is 11.3 Å². The topological polar surface area (TPSA) is 49.4 Å². The van der Waals surface area contributed by atoms with Crippen LogP contribution in [0, 0.1) is 0 Å². The fraction of sp³-hybridized carbons (Fsp3) is 0.500. The number of carbonyl (C=O) groups excluding carboxylic acids is 2. The largest absolute Gasteiger partial charge is 0.318 e. The Morgan fingerprint density at radius 3 is 2.40 bits per heavy atom. The van der Waals surface area contributed by atoms with E-state index in [1.807, 2.05) is 12.1 Å². The lowest BCUT2D eigenvalue weighted by Crippen LogP contribution is -2.29. The Morgan fingerprint density at radius 2 is 1.80 bits per heavy atom. The lowest BCUT2D eigenvalue weighted by Gasteiger charge is -2.29. The molecule has 0 saturated heterocycles. The summed E-state index contributed by atoms with van der Waals surface area (Å²) in [6.07, 6.45) is 2.15. The van der Waals surface area contributed by atoms with Crippen molar-refractivity contribution in [2.24, 2.45) is 0 Å². The lowest BCUT2D eigenvalue weighted by atomic mass is 9.97. The molecule has 1 aromatic rings. The highest BCUT2D eigenvalue weighted by atomic mass is 16.2. The first-order valence-corrected chi connectivity index (χ1v) is 7.32. The third-order valence-corrected chi connectivity index (χ3v) is 3.80. The molecule has 0 aromatic heterocycles. The second kappa shape index (κ2) is 6.18. The molecule has 20 heavy (non-hydrogen) atoms. The number of amides is 1. The van der Waals surface area contributed by atoms with Gasteiger partial charge < -0.3 is 5.32 Å². The average molecular weight is 274 g/mol. The number of hydrogen-bond acceptors (Lipinski definition) is 3. The molecule has 4 nitrogen and oxygen atoms in total. The van der Waals surface area contributed by atoms with E-state index in [1.165, 1.54) is 0 Å². The molecule has 1 unspecified atom stereocenters. The maximum atomic E-state index is 12.0. The monoisotopic (exact) mass is 274 g/mol. The summed E-state index contributed by atoms with van der Waals surface area (Å²) in [7, 11) is 0. The van der Waals surface area contributed by atoms with Gasteiger partial charge in [-0.3, -0.25) is 14.5 Å². The summed E-state index contributed by atoms with van der Waals surface area (Å²) in [4.78, 5) is 25.9. The molecule has 4 heteroatoms. The predicted molar refractivity (Wildman–Crippen MR) is 80.0 cm³/mol. The zero-order valence-corrected chi connectivity index (χ0v) is 12.4. The van der Waals surface area contributed by atoms with Crippen LogP contribution in [0.5, 0.6) is 0 Å². The van der Waals surface area contributed by atoms with Gasteiger partial charge in [0.05, 0.1) is 11.3 Å². The fourth-order valence-electron chi connectivity index (χ4n) is 2.84. The van der Waals surface area contributed by atoms with E-state index in [2.05, 4.69) is 31.0 Å². The molecule has 0 bridgehead atoms. The van der Waals surface area contributed by atoms with Gasteiger partial charge in [-0.2, -0.15) is 0 Å². The van der Waals surface area contributed by atoms with E-state index in [0.717, 1.165) is 31.5 Å². The van der Waals surface area contributed by atoms with Crippen molar-refractivity contribution in [3.05, 3.63) is 29.3 Å². The molecule has 0 radical (unpaired) electrons. The number of Topliss-reactive ketones (excluding diaryl/α,β-unsaturated/α-hetero) is 1. The van der Waals surface area contributed by atoms with Gasteiger partial charge in [0.25, 0.3) is 11.7 Å². The third-order valence-electron chi connectivity index (χ3n) is 3.80.